The van der Waals surface area contributed by atoms with Crippen LogP contribution >= 0.6 is 0 Å². The predicted octanol–water partition coefficient (Wildman–Crippen LogP) is 8.46. The van der Waals surface area contributed by atoms with Crippen LogP contribution in [-0.2, 0) is 0 Å². The lowest BCUT2D eigenvalue weighted by atomic mass is 10.1. The highest BCUT2D eigenvalue weighted by Crippen LogP contribution is 2.36. The molecule has 0 amide bonds. The van der Waals surface area contributed by atoms with Crippen LogP contribution in [0, 0.1) is 0 Å². The van der Waals surface area contributed by atoms with Crippen molar-refractivity contribution in [2.45, 2.75) is 0 Å². The van der Waals surface area contributed by atoms with Crippen molar-refractivity contribution >= 4 is 43.7 Å². The number of para-hydroxylation sites is 2. The number of aromatic nitrogens is 4. The van der Waals surface area contributed by atoms with Crippen molar-refractivity contribution in [3.8, 4) is 23.0 Å². The molecule has 0 atom stereocenters. The molecule has 0 bridgehead atoms. The summed E-state index contributed by atoms with van der Waals surface area (Å²) in [6.45, 7) is 0. The Morgan fingerprint density at radius 2 is 1.15 bits per heavy atom. The van der Waals surface area contributed by atoms with E-state index in [1.165, 1.54) is 16.2 Å². The Morgan fingerprint density at radius 1 is 0.462 bits per heavy atom. The highest BCUT2D eigenvalue weighted by atomic mass is 16.5. The highest BCUT2D eigenvalue weighted by Gasteiger charge is 2.17. The van der Waals surface area contributed by atoms with E-state index in [1.54, 1.807) is 6.20 Å². The van der Waals surface area contributed by atoms with Gasteiger partial charge >= 0.3 is 0 Å². The minimum atomic E-state index is 0.568. The first kappa shape index (κ1) is 21.6. The lowest BCUT2D eigenvalue weighted by molar-refractivity contribution is 0.463. The second-order valence-electron chi connectivity index (χ2n) is 9.55. The number of hydrogen-bond donors (Lipinski definition) is 0. The van der Waals surface area contributed by atoms with Crippen LogP contribution in [0.2, 0.25) is 0 Å². The fraction of sp³-hybridized carbons (Fsp3) is 0. The topological polar surface area (TPSA) is 44.9 Å². The summed E-state index contributed by atoms with van der Waals surface area (Å²) >= 11 is 0. The Hall–Kier alpha value is -5.42. The molecule has 0 N–H and O–H groups in total. The van der Waals surface area contributed by atoms with E-state index in [4.69, 9.17) is 9.72 Å². The van der Waals surface area contributed by atoms with Crippen LogP contribution in [0.25, 0.3) is 55.1 Å². The third-order valence-electron chi connectivity index (χ3n) is 7.29. The smallest absolute Gasteiger partial charge is 0.219 e. The molecule has 0 saturated heterocycles. The third kappa shape index (κ3) is 3.41. The van der Waals surface area contributed by atoms with Gasteiger partial charge in [0.2, 0.25) is 5.88 Å². The van der Waals surface area contributed by atoms with Crippen molar-refractivity contribution in [2.75, 3.05) is 0 Å². The zero-order chi connectivity index (χ0) is 25.8. The largest absolute Gasteiger partial charge is 0.439 e. The van der Waals surface area contributed by atoms with Gasteiger partial charge in [0.1, 0.15) is 11.4 Å². The van der Waals surface area contributed by atoms with Gasteiger partial charge in [-0.05, 0) is 54.6 Å². The zero-order valence-corrected chi connectivity index (χ0v) is 20.9. The van der Waals surface area contributed by atoms with Crippen LogP contribution < -0.4 is 4.74 Å². The van der Waals surface area contributed by atoms with Crippen LogP contribution in [0.4, 0.5) is 0 Å². The number of rotatable bonds is 4. The van der Waals surface area contributed by atoms with E-state index in [2.05, 4.69) is 99.0 Å². The first-order valence-corrected chi connectivity index (χ1v) is 12.9. The lowest BCUT2D eigenvalue weighted by Gasteiger charge is -2.12. The van der Waals surface area contributed by atoms with Gasteiger partial charge in [0.25, 0.3) is 0 Å². The van der Waals surface area contributed by atoms with E-state index < -0.39 is 0 Å². The van der Waals surface area contributed by atoms with Crippen LogP contribution in [-0.4, -0.2) is 19.1 Å². The van der Waals surface area contributed by atoms with E-state index in [0.29, 0.717) is 5.88 Å². The van der Waals surface area contributed by atoms with E-state index in [0.717, 1.165) is 44.7 Å². The van der Waals surface area contributed by atoms with Crippen molar-refractivity contribution in [1.82, 2.24) is 19.1 Å². The van der Waals surface area contributed by atoms with E-state index in [9.17, 15) is 0 Å². The zero-order valence-electron chi connectivity index (χ0n) is 20.9. The fourth-order valence-corrected chi connectivity index (χ4v) is 5.65. The summed E-state index contributed by atoms with van der Waals surface area (Å²) in [7, 11) is 0. The molecule has 0 aliphatic carbocycles. The molecule has 0 unspecified atom stereocenters. The summed E-state index contributed by atoms with van der Waals surface area (Å²) in [5, 5.41) is 4.74. The normalized spacial score (nSPS) is 11.6. The molecule has 4 heterocycles. The molecule has 4 aromatic heterocycles. The molecule has 8 rings (SSSR count). The number of pyridine rings is 2. The average Bonchev–Trinajstić information content (AvgIpc) is 3.50. The van der Waals surface area contributed by atoms with Crippen molar-refractivity contribution < 1.29 is 4.74 Å². The Kier molecular flexibility index (Phi) is 4.76. The van der Waals surface area contributed by atoms with Gasteiger partial charge in [-0.2, -0.15) is 0 Å². The third-order valence-corrected chi connectivity index (χ3v) is 7.29. The van der Waals surface area contributed by atoms with Crippen molar-refractivity contribution in [1.29, 1.82) is 0 Å². The standard InChI is InChI=1S/C34H22N4O/c1-3-14-30-26(11-1)28-18-17-24(38-31-15-4-2-12-27(31)29-13-8-20-36-34(29)38)22-32(28)37(30)23-9-7-10-25(21-23)39-33-16-5-6-19-35-33/h1-22H. The van der Waals surface area contributed by atoms with Gasteiger partial charge in [0, 0.05) is 57.4 Å². The molecule has 0 aliphatic heterocycles. The fourth-order valence-electron chi connectivity index (χ4n) is 5.65. The molecule has 184 valence electrons. The molecule has 0 fully saturated rings. The summed E-state index contributed by atoms with van der Waals surface area (Å²) < 4.78 is 10.6. The van der Waals surface area contributed by atoms with Crippen molar-refractivity contribution in [2.24, 2.45) is 0 Å². The summed E-state index contributed by atoms with van der Waals surface area (Å²) in [4.78, 5) is 9.10. The molecule has 0 radical (unpaired) electrons. The van der Waals surface area contributed by atoms with Crippen LogP contribution in [0.3, 0.4) is 0 Å². The SMILES string of the molecule is c1ccc(Oc2cccc(-n3c4ccccc4c4ccc(-n5c6ccccc6c6cccnc65)cc43)c2)nc1. The summed E-state index contributed by atoms with van der Waals surface area (Å²) in [5.74, 6) is 1.30. The van der Waals surface area contributed by atoms with Gasteiger partial charge in [0.05, 0.1) is 16.6 Å². The first-order chi connectivity index (χ1) is 19.3. The van der Waals surface area contributed by atoms with Gasteiger partial charge in [-0.3, -0.25) is 4.57 Å². The van der Waals surface area contributed by atoms with E-state index in [1.807, 2.05) is 42.6 Å². The molecular formula is C34H22N4O. The highest BCUT2D eigenvalue weighted by molar-refractivity contribution is 6.11. The Balaban J connectivity index is 1.38. The second kappa shape index (κ2) is 8.57. The molecule has 0 saturated carbocycles. The van der Waals surface area contributed by atoms with Crippen LogP contribution in [0.5, 0.6) is 11.6 Å². The molecule has 4 aromatic carbocycles. The molecule has 5 nitrogen and oxygen atoms in total. The predicted molar refractivity (Wildman–Crippen MR) is 157 cm³/mol. The van der Waals surface area contributed by atoms with Gasteiger partial charge < -0.3 is 9.30 Å². The number of ether oxygens (including phenoxy) is 1. The average molecular weight is 503 g/mol. The molecule has 5 heteroatoms. The van der Waals surface area contributed by atoms with E-state index >= 15 is 0 Å². The maximum atomic E-state index is 6.08. The molecular weight excluding hydrogens is 480 g/mol. The van der Waals surface area contributed by atoms with Crippen molar-refractivity contribution in [3.63, 3.8) is 0 Å². The lowest BCUT2D eigenvalue weighted by Crippen LogP contribution is -1.98. The summed E-state index contributed by atoms with van der Waals surface area (Å²) in [5.41, 5.74) is 6.43. The minimum Gasteiger partial charge on any atom is -0.439 e. The molecule has 0 aliphatic rings. The number of benzene rings is 4. The second-order valence-corrected chi connectivity index (χ2v) is 9.55. The molecule has 39 heavy (non-hydrogen) atoms. The Morgan fingerprint density at radius 3 is 2.00 bits per heavy atom. The van der Waals surface area contributed by atoms with Gasteiger partial charge in [-0.25, -0.2) is 9.97 Å². The molecule has 0 spiro atoms. The quantitative estimate of drug-likeness (QED) is 0.242. The van der Waals surface area contributed by atoms with Gasteiger partial charge in [-0.1, -0.05) is 54.6 Å². The number of nitrogens with zero attached hydrogens (tertiary/aromatic N) is 4. The number of hydrogen-bond acceptors (Lipinski definition) is 3. The van der Waals surface area contributed by atoms with Crippen LogP contribution in [0.1, 0.15) is 0 Å². The van der Waals surface area contributed by atoms with Crippen molar-refractivity contribution in [3.05, 3.63) is 134 Å². The summed E-state index contributed by atoms with van der Waals surface area (Å²) in [6.07, 6.45) is 3.59. The van der Waals surface area contributed by atoms with Gasteiger partial charge in [0.15, 0.2) is 0 Å². The molecule has 8 aromatic rings. The Labute approximate surface area is 224 Å². The maximum absolute atomic E-state index is 6.08. The number of fused-ring (bicyclic) bond motifs is 6. The Bertz CT molecular complexity index is 2100. The summed E-state index contributed by atoms with van der Waals surface area (Å²) in [6, 6.07) is 41.7. The van der Waals surface area contributed by atoms with Gasteiger partial charge in [-0.15, -0.1) is 0 Å². The first-order valence-electron chi connectivity index (χ1n) is 12.9. The minimum absolute atomic E-state index is 0.568. The van der Waals surface area contributed by atoms with Crippen LogP contribution in [0.15, 0.2) is 134 Å². The van der Waals surface area contributed by atoms with E-state index in [-0.39, 0.29) is 0 Å². The monoisotopic (exact) mass is 502 g/mol. The maximum Gasteiger partial charge on any atom is 0.219 e.